The van der Waals surface area contributed by atoms with Crippen LogP contribution in [-0.2, 0) is 14.3 Å². The minimum Gasteiger partial charge on any atom is -0.465 e. The van der Waals surface area contributed by atoms with Crippen LogP contribution >= 0.6 is 0 Å². The minimum absolute atomic E-state index is 0.00899. The third-order valence-electron chi connectivity index (χ3n) is 3.04. The van der Waals surface area contributed by atoms with Gasteiger partial charge < -0.3 is 14.8 Å². The lowest BCUT2D eigenvalue weighted by Crippen LogP contribution is -2.20. The maximum absolute atomic E-state index is 11.9. The summed E-state index contributed by atoms with van der Waals surface area (Å²) in [4.78, 5) is 23.5. The highest BCUT2D eigenvalue weighted by Crippen LogP contribution is 2.19. The number of methoxy groups -OCH3 is 1. The number of esters is 1. The Balaban J connectivity index is 2.01. The van der Waals surface area contributed by atoms with Gasteiger partial charge in [-0.3, -0.25) is 4.79 Å². The van der Waals surface area contributed by atoms with E-state index in [1.54, 1.807) is 24.3 Å². The van der Waals surface area contributed by atoms with E-state index in [0.717, 1.165) is 19.4 Å². The third-order valence-corrected chi connectivity index (χ3v) is 3.04. The molecule has 1 heterocycles. The van der Waals surface area contributed by atoms with Crippen molar-refractivity contribution in [2.24, 2.45) is 0 Å². The summed E-state index contributed by atoms with van der Waals surface area (Å²) in [6, 6.07) is 6.78. The smallest absolute Gasteiger partial charge is 0.339 e. The van der Waals surface area contributed by atoms with E-state index in [1.165, 1.54) is 7.11 Å². The number of rotatable bonds is 4. The second-order valence-electron chi connectivity index (χ2n) is 4.42. The largest absolute Gasteiger partial charge is 0.465 e. The highest BCUT2D eigenvalue weighted by Gasteiger charge is 2.20. The second-order valence-corrected chi connectivity index (χ2v) is 4.42. The highest BCUT2D eigenvalue weighted by molar-refractivity contribution is 6.01. The molecule has 5 heteroatoms. The lowest BCUT2D eigenvalue weighted by atomic mass is 10.1. The van der Waals surface area contributed by atoms with Crippen molar-refractivity contribution in [3.8, 4) is 0 Å². The van der Waals surface area contributed by atoms with Gasteiger partial charge in [0.25, 0.3) is 0 Å². The summed E-state index contributed by atoms with van der Waals surface area (Å²) in [5.41, 5.74) is 0.822. The molecule has 1 aromatic carbocycles. The molecule has 1 atom stereocenters. The average molecular weight is 263 g/mol. The third kappa shape index (κ3) is 3.54. The minimum atomic E-state index is -0.465. The zero-order chi connectivity index (χ0) is 13.7. The van der Waals surface area contributed by atoms with Gasteiger partial charge >= 0.3 is 5.97 Å². The van der Waals surface area contributed by atoms with Gasteiger partial charge in [0.15, 0.2) is 0 Å². The zero-order valence-electron chi connectivity index (χ0n) is 10.8. The molecule has 1 aliphatic heterocycles. The molecule has 1 fully saturated rings. The van der Waals surface area contributed by atoms with Crippen molar-refractivity contribution in [3.63, 3.8) is 0 Å². The Hall–Kier alpha value is -1.88. The predicted molar refractivity (Wildman–Crippen MR) is 70.0 cm³/mol. The summed E-state index contributed by atoms with van der Waals surface area (Å²) >= 11 is 0. The van der Waals surface area contributed by atoms with Gasteiger partial charge in [-0.25, -0.2) is 4.79 Å². The summed E-state index contributed by atoms with van der Waals surface area (Å²) in [5.74, 6) is -0.615. The van der Waals surface area contributed by atoms with Crippen LogP contribution in [0.3, 0.4) is 0 Å². The van der Waals surface area contributed by atoms with Gasteiger partial charge in [-0.15, -0.1) is 0 Å². The first-order valence-electron chi connectivity index (χ1n) is 6.29. The first-order chi connectivity index (χ1) is 9.20. The number of para-hydroxylation sites is 1. The first kappa shape index (κ1) is 13.5. The molecule has 0 saturated carbocycles. The molecule has 1 aliphatic rings. The fourth-order valence-corrected chi connectivity index (χ4v) is 2.09. The number of hydrogen-bond donors (Lipinski definition) is 1. The highest BCUT2D eigenvalue weighted by atomic mass is 16.5. The molecular weight excluding hydrogens is 246 g/mol. The Morgan fingerprint density at radius 3 is 2.89 bits per heavy atom. The molecule has 102 valence electrons. The van der Waals surface area contributed by atoms with E-state index < -0.39 is 5.97 Å². The lowest BCUT2D eigenvalue weighted by Gasteiger charge is -2.12. The quantitative estimate of drug-likeness (QED) is 0.844. The molecule has 0 bridgehead atoms. The Bertz CT molecular complexity index is 466. The Labute approximate surface area is 111 Å². The standard InChI is InChI=1S/C14H17NO4/c1-18-14(17)11-6-2-3-7-12(11)15-13(16)9-10-5-4-8-19-10/h2-3,6-7,10H,4-5,8-9H2,1H3,(H,15,16). The molecule has 0 radical (unpaired) electrons. The van der Waals surface area contributed by atoms with Crippen molar-refractivity contribution < 1.29 is 19.1 Å². The van der Waals surface area contributed by atoms with Crippen molar-refractivity contribution in [1.82, 2.24) is 0 Å². The topological polar surface area (TPSA) is 64.6 Å². The van der Waals surface area contributed by atoms with Crippen LogP contribution in [0.4, 0.5) is 5.69 Å². The SMILES string of the molecule is COC(=O)c1ccccc1NC(=O)CC1CCCO1. The molecule has 1 amide bonds. The molecule has 0 aliphatic carbocycles. The van der Waals surface area contributed by atoms with E-state index in [0.29, 0.717) is 17.7 Å². The van der Waals surface area contributed by atoms with Crippen molar-refractivity contribution in [2.45, 2.75) is 25.4 Å². The monoisotopic (exact) mass is 263 g/mol. The van der Waals surface area contributed by atoms with E-state index >= 15 is 0 Å². The van der Waals surface area contributed by atoms with Crippen LogP contribution in [-0.4, -0.2) is 31.7 Å². The number of benzene rings is 1. The summed E-state index contributed by atoms with van der Waals surface area (Å²) < 4.78 is 10.1. The molecule has 0 spiro atoms. The van der Waals surface area contributed by atoms with Gasteiger partial charge in [-0.2, -0.15) is 0 Å². The summed E-state index contributed by atoms with van der Waals surface area (Å²) in [6.07, 6.45) is 2.21. The molecule has 19 heavy (non-hydrogen) atoms. The molecular formula is C14H17NO4. The fraction of sp³-hybridized carbons (Fsp3) is 0.429. The summed E-state index contributed by atoms with van der Waals surface area (Å²) in [5, 5.41) is 2.73. The van der Waals surface area contributed by atoms with Crippen molar-refractivity contribution >= 4 is 17.6 Å². The van der Waals surface area contributed by atoms with Gasteiger partial charge in [0.2, 0.25) is 5.91 Å². The maximum atomic E-state index is 11.9. The van der Waals surface area contributed by atoms with E-state index in [-0.39, 0.29) is 12.0 Å². The predicted octanol–water partition coefficient (Wildman–Crippen LogP) is 1.98. The fourth-order valence-electron chi connectivity index (χ4n) is 2.09. The Morgan fingerprint density at radius 2 is 2.21 bits per heavy atom. The first-order valence-corrected chi connectivity index (χ1v) is 6.29. The van der Waals surface area contributed by atoms with Crippen LogP contribution in [0.25, 0.3) is 0 Å². The maximum Gasteiger partial charge on any atom is 0.339 e. The molecule has 2 rings (SSSR count). The van der Waals surface area contributed by atoms with Crippen LogP contribution < -0.4 is 5.32 Å². The number of hydrogen-bond acceptors (Lipinski definition) is 4. The molecule has 1 saturated heterocycles. The van der Waals surface area contributed by atoms with Crippen LogP contribution in [0.1, 0.15) is 29.6 Å². The summed E-state index contributed by atoms with van der Waals surface area (Å²) in [7, 11) is 1.31. The summed E-state index contributed by atoms with van der Waals surface area (Å²) in [6.45, 7) is 0.719. The van der Waals surface area contributed by atoms with Crippen molar-refractivity contribution in [2.75, 3.05) is 19.0 Å². The molecule has 5 nitrogen and oxygen atoms in total. The van der Waals surface area contributed by atoms with Crippen LogP contribution in [0.2, 0.25) is 0 Å². The Kier molecular flexibility index (Phi) is 4.52. The van der Waals surface area contributed by atoms with Gasteiger partial charge in [0, 0.05) is 6.61 Å². The number of ether oxygens (including phenoxy) is 2. The molecule has 1 unspecified atom stereocenters. The second kappa shape index (κ2) is 6.33. The van der Waals surface area contributed by atoms with Gasteiger partial charge in [-0.1, -0.05) is 12.1 Å². The number of carbonyl (C=O) groups is 2. The molecule has 1 aromatic rings. The average Bonchev–Trinajstić information content (AvgIpc) is 2.91. The number of nitrogens with one attached hydrogen (secondary N) is 1. The van der Waals surface area contributed by atoms with Crippen molar-refractivity contribution in [3.05, 3.63) is 29.8 Å². The van der Waals surface area contributed by atoms with Crippen LogP contribution in [0, 0.1) is 0 Å². The lowest BCUT2D eigenvalue weighted by molar-refractivity contribution is -0.118. The van der Waals surface area contributed by atoms with Crippen molar-refractivity contribution in [1.29, 1.82) is 0 Å². The number of carbonyl (C=O) groups excluding carboxylic acids is 2. The normalized spacial score (nSPS) is 18.1. The van der Waals surface area contributed by atoms with E-state index in [2.05, 4.69) is 10.1 Å². The van der Waals surface area contributed by atoms with Gasteiger partial charge in [0.05, 0.1) is 30.9 Å². The van der Waals surface area contributed by atoms with Crippen LogP contribution in [0.15, 0.2) is 24.3 Å². The molecule has 0 aromatic heterocycles. The Morgan fingerprint density at radius 1 is 1.42 bits per heavy atom. The van der Waals surface area contributed by atoms with Gasteiger partial charge in [0.1, 0.15) is 0 Å². The van der Waals surface area contributed by atoms with E-state index in [1.807, 2.05) is 0 Å². The molecule has 1 N–H and O–H groups in total. The van der Waals surface area contributed by atoms with E-state index in [9.17, 15) is 9.59 Å². The number of anilines is 1. The zero-order valence-corrected chi connectivity index (χ0v) is 10.8. The van der Waals surface area contributed by atoms with Gasteiger partial charge in [-0.05, 0) is 25.0 Å². The van der Waals surface area contributed by atoms with E-state index in [4.69, 9.17) is 4.74 Å². The number of amides is 1. The van der Waals surface area contributed by atoms with Crippen LogP contribution in [0.5, 0.6) is 0 Å².